The highest BCUT2D eigenvalue weighted by Crippen LogP contribution is 2.14. The molecule has 0 aliphatic heterocycles. The number of carbonyl (C=O) groups excluding carboxylic acids is 1. The van der Waals surface area contributed by atoms with Gasteiger partial charge >= 0.3 is 0 Å². The summed E-state index contributed by atoms with van der Waals surface area (Å²) in [7, 11) is 0. The molecule has 0 unspecified atom stereocenters. The van der Waals surface area contributed by atoms with E-state index in [1.807, 2.05) is 19.9 Å². The van der Waals surface area contributed by atoms with Crippen molar-refractivity contribution in [2.75, 3.05) is 6.54 Å². The molecular formula is C15H20N4O2. The highest BCUT2D eigenvalue weighted by Gasteiger charge is 2.23. The first-order chi connectivity index (χ1) is 10.1. The van der Waals surface area contributed by atoms with Crippen LogP contribution >= 0.6 is 0 Å². The molecule has 21 heavy (non-hydrogen) atoms. The summed E-state index contributed by atoms with van der Waals surface area (Å²) in [6, 6.07) is 7.10. The fourth-order valence-corrected chi connectivity index (χ4v) is 1.98. The van der Waals surface area contributed by atoms with Crippen molar-refractivity contribution in [2.45, 2.75) is 32.3 Å². The molecule has 0 spiro atoms. The van der Waals surface area contributed by atoms with E-state index >= 15 is 0 Å². The average Bonchev–Trinajstić information content (AvgIpc) is 3.07. The van der Waals surface area contributed by atoms with E-state index in [1.165, 1.54) is 0 Å². The molecule has 0 radical (unpaired) electrons. The van der Waals surface area contributed by atoms with Gasteiger partial charge in [-0.15, -0.1) is 5.10 Å². The summed E-state index contributed by atoms with van der Waals surface area (Å²) in [6.45, 7) is 4.05. The average molecular weight is 288 g/mol. The van der Waals surface area contributed by atoms with Crippen LogP contribution in [0, 0.1) is 0 Å². The third kappa shape index (κ3) is 3.66. The lowest BCUT2D eigenvalue weighted by atomic mass is 9.97. The fraction of sp³-hybridized carbons (Fsp3) is 0.400. The van der Waals surface area contributed by atoms with Gasteiger partial charge in [-0.3, -0.25) is 4.79 Å². The minimum atomic E-state index is -0.848. The first-order valence-electron chi connectivity index (χ1n) is 7.05. The minimum absolute atomic E-state index is 0.211. The van der Waals surface area contributed by atoms with Gasteiger partial charge in [-0.1, -0.05) is 25.1 Å². The molecule has 0 fully saturated rings. The predicted molar refractivity (Wildman–Crippen MR) is 79.2 cm³/mol. The number of hydrogen-bond donors (Lipinski definition) is 2. The summed E-state index contributed by atoms with van der Waals surface area (Å²) in [5, 5.41) is 20.6. The Balaban J connectivity index is 2.08. The molecule has 112 valence electrons. The molecule has 2 N–H and O–H groups in total. The number of aromatic nitrogens is 3. The van der Waals surface area contributed by atoms with E-state index in [0.717, 1.165) is 5.69 Å². The Morgan fingerprint density at radius 2 is 2.14 bits per heavy atom. The van der Waals surface area contributed by atoms with Gasteiger partial charge in [-0.05, 0) is 31.0 Å². The summed E-state index contributed by atoms with van der Waals surface area (Å²) < 4.78 is 1.59. The summed E-state index contributed by atoms with van der Waals surface area (Å²) in [5.41, 5.74) is 0.443. The van der Waals surface area contributed by atoms with Crippen LogP contribution in [0.4, 0.5) is 0 Å². The molecule has 0 aliphatic carbocycles. The van der Waals surface area contributed by atoms with Crippen molar-refractivity contribution in [3.8, 4) is 5.69 Å². The molecule has 0 saturated heterocycles. The Morgan fingerprint density at radius 1 is 1.38 bits per heavy atom. The zero-order valence-corrected chi connectivity index (χ0v) is 12.3. The van der Waals surface area contributed by atoms with Crippen molar-refractivity contribution in [3.05, 3.63) is 42.2 Å². The topological polar surface area (TPSA) is 80.0 Å². The number of hydrogen-bond acceptors (Lipinski definition) is 4. The van der Waals surface area contributed by atoms with Gasteiger partial charge in [-0.2, -0.15) is 0 Å². The van der Waals surface area contributed by atoms with Crippen LogP contribution < -0.4 is 5.32 Å². The molecule has 1 heterocycles. The molecule has 0 aliphatic rings. The molecular weight excluding hydrogens is 268 g/mol. The van der Waals surface area contributed by atoms with E-state index in [9.17, 15) is 9.90 Å². The van der Waals surface area contributed by atoms with Gasteiger partial charge < -0.3 is 10.4 Å². The van der Waals surface area contributed by atoms with Crippen LogP contribution in [-0.4, -0.2) is 38.2 Å². The number of amides is 1. The van der Waals surface area contributed by atoms with Gasteiger partial charge in [0.05, 0.1) is 23.7 Å². The maximum atomic E-state index is 12.2. The van der Waals surface area contributed by atoms with Crippen molar-refractivity contribution < 1.29 is 9.90 Å². The second-order valence-corrected chi connectivity index (χ2v) is 5.01. The van der Waals surface area contributed by atoms with Gasteiger partial charge in [0.2, 0.25) is 0 Å². The van der Waals surface area contributed by atoms with Crippen LogP contribution in [0.15, 0.2) is 36.7 Å². The zero-order valence-electron chi connectivity index (χ0n) is 12.3. The molecule has 1 aromatic heterocycles. The zero-order chi connectivity index (χ0) is 15.3. The van der Waals surface area contributed by atoms with Gasteiger partial charge in [0.15, 0.2) is 0 Å². The Bertz CT molecular complexity index is 591. The van der Waals surface area contributed by atoms with E-state index in [0.29, 0.717) is 18.4 Å². The molecule has 2 rings (SSSR count). The monoisotopic (exact) mass is 288 g/mol. The number of nitrogens with zero attached hydrogens (tertiary/aromatic N) is 3. The van der Waals surface area contributed by atoms with E-state index in [4.69, 9.17) is 0 Å². The van der Waals surface area contributed by atoms with Crippen LogP contribution in [-0.2, 0) is 0 Å². The first kappa shape index (κ1) is 15.2. The van der Waals surface area contributed by atoms with Crippen LogP contribution in [0.1, 0.15) is 37.0 Å². The fourth-order valence-electron chi connectivity index (χ4n) is 1.98. The van der Waals surface area contributed by atoms with Crippen LogP contribution in [0.5, 0.6) is 0 Å². The standard InChI is InChI=1S/C15H20N4O2/c1-3-15(21,4-2)11-16-14(20)12-6-5-7-13(10-12)19-9-8-17-18-19/h5-10,21H,3-4,11H2,1-2H3,(H,16,20). The highest BCUT2D eigenvalue weighted by molar-refractivity contribution is 5.94. The van der Waals surface area contributed by atoms with Crippen LogP contribution in [0.3, 0.4) is 0 Å². The summed E-state index contributed by atoms with van der Waals surface area (Å²) in [5.74, 6) is -0.211. The van der Waals surface area contributed by atoms with E-state index < -0.39 is 5.60 Å². The summed E-state index contributed by atoms with van der Waals surface area (Å²) in [6.07, 6.45) is 4.49. The van der Waals surface area contributed by atoms with Crippen molar-refractivity contribution >= 4 is 5.91 Å². The Hall–Kier alpha value is -2.21. The molecule has 0 atom stereocenters. The van der Waals surface area contributed by atoms with Crippen LogP contribution in [0.25, 0.3) is 5.69 Å². The molecule has 0 bridgehead atoms. The summed E-state index contributed by atoms with van der Waals surface area (Å²) in [4.78, 5) is 12.2. The van der Waals surface area contributed by atoms with E-state index in [-0.39, 0.29) is 12.5 Å². The van der Waals surface area contributed by atoms with E-state index in [1.54, 1.807) is 35.3 Å². The Morgan fingerprint density at radius 3 is 2.76 bits per heavy atom. The van der Waals surface area contributed by atoms with Crippen molar-refractivity contribution in [1.29, 1.82) is 0 Å². The molecule has 1 amide bonds. The van der Waals surface area contributed by atoms with Crippen molar-refractivity contribution in [2.24, 2.45) is 0 Å². The first-order valence-corrected chi connectivity index (χ1v) is 7.05. The second-order valence-electron chi connectivity index (χ2n) is 5.01. The summed E-state index contributed by atoms with van der Waals surface area (Å²) >= 11 is 0. The smallest absolute Gasteiger partial charge is 0.251 e. The maximum absolute atomic E-state index is 12.2. The largest absolute Gasteiger partial charge is 0.388 e. The number of benzene rings is 1. The van der Waals surface area contributed by atoms with Gasteiger partial charge in [0.1, 0.15) is 0 Å². The second kappa shape index (κ2) is 6.49. The number of nitrogens with one attached hydrogen (secondary N) is 1. The maximum Gasteiger partial charge on any atom is 0.251 e. The quantitative estimate of drug-likeness (QED) is 0.845. The number of rotatable bonds is 6. The molecule has 0 saturated carbocycles. The Labute approximate surface area is 123 Å². The lowest BCUT2D eigenvalue weighted by molar-refractivity contribution is 0.0314. The van der Waals surface area contributed by atoms with Crippen molar-refractivity contribution in [3.63, 3.8) is 0 Å². The number of carbonyl (C=O) groups is 1. The number of aliphatic hydroxyl groups is 1. The van der Waals surface area contributed by atoms with Crippen molar-refractivity contribution in [1.82, 2.24) is 20.3 Å². The van der Waals surface area contributed by atoms with Crippen LogP contribution in [0.2, 0.25) is 0 Å². The normalized spacial score (nSPS) is 11.4. The lowest BCUT2D eigenvalue weighted by Crippen LogP contribution is -2.42. The molecule has 6 nitrogen and oxygen atoms in total. The molecule has 2 aromatic rings. The minimum Gasteiger partial charge on any atom is -0.388 e. The SMILES string of the molecule is CCC(O)(CC)CNC(=O)c1cccc(-n2ccnn2)c1. The third-order valence-electron chi connectivity index (χ3n) is 3.69. The van der Waals surface area contributed by atoms with E-state index in [2.05, 4.69) is 15.6 Å². The van der Waals surface area contributed by atoms with Gasteiger partial charge in [0, 0.05) is 12.1 Å². The Kier molecular flexibility index (Phi) is 4.70. The molecule has 1 aromatic carbocycles. The third-order valence-corrected chi connectivity index (χ3v) is 3.69. The highest BCUT2D eigenvalue weighted by atomic mass is 16.3. The molecule has 6 heteroatoms. The van der Waals surface area contributed by atoms with Gasteiger partial charge in [0.25, 0.3) is 5.91 Å². The van der Waals surface area contributed by atoms with Gasteiger partial charge in [-0.25, -0.2) is 4.68 Å². The predicted octanol–water partition coefficient (Wildman–Crippen LogP) is 1.55. The lowest BCUT2D eigenvalue weighted by Gasteiger charge is -2.25.